The molecule has 0 amide bonds. The Morgan fingerprint density at radius 2 is 2.00 bits per heavy atom. The van der Waals surface area contributed by atoms with Crippen molar-refractivity contribution in [3.05, 3.63) is 74.9 Å². The third kappa shape index (κ3) is 3.83. The van der Waals surface area contributed by atoms with E-state index in [0.717, 1.165) is 40.6 Å². The number of thiophene rings is 1. The normalized spacial score (nSPS) is 15.6. The molecule has 31 heavy (non-hydrogen) atoms. The Hall–Kier alpha value is -3.12. The number of methoxy groups -OCH3 is 1. The molecular formula is C25H24N2O3S. The zero-order valence-electron chi connectivity index (χ0n) is 17.6. The van der Waals surface area contributed by atoms with E-state index in [9.17, 15) is 4.79 Å². The third-order valence-electron chi connectivity index (χ3n) is 5.84. The standard InChI is InChI=1S/C25H24N2O3S/c1-15-8-10-18-21(12-15)31-25-22(18)24(28)26-23(27-25)17-9-11-19(20(13-17)29-2)30-14-16-6-4-3-5-7-16/h3-7,9,11,13,15H,8,10,12,14H2,1-2H3,(H,26,27,28)/t15-/m0/s1. The van der Waals surface area contributed by atoms with E-state index in [0.29, 0.717) is 29.8 Å². The van der Waals surface area contributed by atoms with Crippen molar-refractivity contribution in [2.45, 2.75) is 32.8 Å². The van der Waals surface area contributed by atoms with Crippen LogP contribution in [0.2, 0.25) is 0 Å². The predicted molar refractivity (Wildman–Crippen MR) is 124 cm³/mol. The fraction of sp³-hybridized carbons (Fsp3) is 0.280. The lowest BCUT2D eigenvalue weighted by molar-refractivity contribution is 0.284. The van der Waals surface area contributed by atoms with Gasteiger partial charge in [-0.3, -0.25) is 4.79 Å². The van der Waals surface area contributed by atoms with Crippen LogP contribution in [0.25, 0.3) is 21.6 Å². The van der Waals surface area contributed by atoms with E-state index in [4.69, 9.17) is 14.5 Å². The molecule has 2 heterocycles. The van der Waals surface area contributed by atoms with Gasteiger partial charge in [0, 0.05) is 10.4 Å². The molecule has 0 saturated heterocycles. The molecular weight excluding hydrogens is 408 g/mol. The number of nitrogens with one attached hydrogen (secondary N) is 1. The van der Waals surface area contributed by atoms with Gasteiger partial charge in [-0.2, -0.15) is 0 Å². The van der Waals surface area contributed by atoms with E-state index in [1.807, 2.05) is 48.5 Å². The molecule has 0 spiro atoms. The summed E-state index contributed by atoms with van der Waals surface area (Å²) in [5.74, 6) is 2.47. The van der Waals surface area contributed by atoms with Crippen LogP contribution in [-0.2, 0) is 19.4 Å². The molecule has 0 bridgehead atoms. The van der Waals surface area contributed by atoms with Crippen molar-refractivity contribution in [3.8, 4) is 22.9 Å². The van der Waals surface area contributed by atoms with Crippen molar-refractivity contribution in [2.24, 2.45) is 5.92 Å². The van der Waals surface area contributed by atoms with Crippen molar-refractivity contribution in [1.82, 2.24) is 9.97 Å². The van der Waals surface area contributed by atoms with Gasteiger partial charge in [-0.15, -0.1) is 11.3 Å². The first-order valence-electron chi connectivity index (χ1n) is 10.5. The maximum absolute atomic E-state index is 12.9. The van der Waals surface area contributed by atoms with Crippen LogP contribution in [0.15, 0.2) is 53.3 Å². The second-order valence-electron chi connectivity index (χ2n) is 8.09. The molecule has 6 heteroatoms. The molecule has 5 nitrogen and oxygen atoms in total. The van der Waals surface area contributed by atoms with Gasteiger partial charge in [0.1, 0.15) is 17.3 Å². The van der Waals surface area contributed by atoms with Crippen LogP contribution >= 0.6 is 11.3 Å². The van der Waals surface area contributed by atoms with Gasteiger partial charge in [0.05, 0.1) is 12.5 Å². The fourth-order valence-corrected chi connectivity index (χ4v) is 5.54. The average molecular weight is 433 g/mol. The highest BCUT2D eigenvalue weighted by molar-refractivity contribution is 7.18. The minimum Gasteiger partial charge on any atom is -0.493 e. The lowest BCUT2D eigenvalue weighted by Crippen LogP contribution is -2.13. The van der Waals surface area contributed by atoms with E-state index >= 15 is 0 Å². The SMILES string of the molecule is COc1cc(-c2nc3sc4c(c3c(=O)[nH]2)CC[C@H](C)C4)ccc1OCc1ccccc1. The summed E-state index contributed by atoms with van der Waals surface area (Å²) in [6.07, 6.45) is 3.12. The quantitative estimate of drug-likeness (QED) is 0.461. The lowest BCUT2D eigenvalue weighted by atomic mass is 9.89. The number of H-pyrrole nitrogens is 1. The minimum atomic E-state index is -0.0598. The monoisotopic (exact) mass is 432 g/mol. The number of ether oxygens (including phenoxy) is 2. The number of aryl methyl sites for hydroxylation is 1. The first-order chi connectivity index (χ1) is 15.1. The molecule has 1 aliphatic carbocycles. The third-order valence-corrected chi connectivity index (χ3v) is 6.99. The molecule has 2 aromatic heterocycles. The van der Waals surface area contributed by atoms with Crippen LogP contribution in [-0.4, -0.2) is 17.1 Å². The molecule has 5 rings (SSSR count). The number of hydrogen-bond donors (Lipinski definition) is 1. The minimum absolute atomic E-state index is 0.0598. The topological polar surface area (TPSA) is 64.2 Å². The lowest BCUT2D eigenvalue weighted by Gasteiger charge is -2.17. The van der Waals surface area contributed by atoms with Gasteiger partial charge >= 0.3 is 0 Å². The molecule has 4 aromatic rings. The summed E-state index contributed by atoms with van der Waals surface area (Å²) < 4.78 is 11.5. The Kier molecular flexibility index (Phi) is 5.24. The first kappa shape index (κ1) is 19.8. The molecule has 1 N–H and O–H groups in total. The van der Waals surface area contributed by atoms with Crippen LogP contribution in [0, 0.1) is 5.92 Å². The largest absolute Gasteiger partial charge is 0.493 e. The molecule has 0 fully saturated rings. The first-order valence-corrected chi connectivity index (χ1v) is 11.3. The van der Waals surface area contributed by atoms with Gasteiger partial charge in [0.15, 0.2) is 11.5 Å². The number of nitrogens with zero attached hydrogens (tertiary/aromatic N) is 1. The van der Waals surface area contributed by atoms with Gasteiger partial charge < -0.3 is 14.5 Å². The van der Waals surface area contributed by atoms with Crippen molar-refractivity contribution in [3.63, 3.8) is 0 Å². The highest BCUT2D eigenvalue weighted by Crippen LogP contribution is 2.37. The van der Waals surface area contributed by atoms with E-state index in [1.54, 1.807) is 18.4 Å². The molecule has 0 unspecified atom stereocenters. The second kappa shape index (κ2) is 8.19. The Labute approximate surface area is 184 Å². The van der Waals surface area contributed by atoms with Crippen LogP contribution in [0.4, 0.5) is 0 Å². The van der Waals surface area contributed by atoms with E-state index in [-0.39, 0.29) is 5.56 Å². The maximum Gasteiger partial charge on any atom is 0.260 e. The highest BCUT2D eigenvalue weighted by atomic mass is 32.1. The predicted octanol–water partition coefficient (Wildman–Crippen LogP) is 5.36. The van der Waals surface area contributed by atoms with Gasteiger partial charge in [-0.25, -0.2) is 4.98 Å². The summed E-state index contributed by atoms with van der Waals surface area (Å²) >= 11 is 1.66. The zero-order chi connectivity index (χ0) is 21.4. The summed E-state index contributed by atoms with van der Waals surface area (Å²) in [4.78, 5) is 22.8. The molecule has 1 atom stereocenters. The smallest absolute Gasteiger partial charge is 0.260 e. The van der Waals surface area contributed by atoms with Crippen LogP contribution in [0.3, 0.4) is 0 Å². The molecule has 0 radical (unpaired) electrons. The number of fused-ring (bicyclic) bond motifs is 3. The number of aromatic nitrogens is 2. The van der Waals surface area contributed by atoms with Crippen molar-refractivity contribution in [1.29, 1.82) is 0 Å². The Balaban J connectivity index is 1.47. The Bertz CT molecular complexity index is 1290. The van der Waals surface area contributed by atoms with E-state index in [1.165, 1.54) is 10.4 Å². The highest BCUT2D eigenvalue weighted by Gasteiger charge is 2.23. The number of aromatic amines is 1. The van der Waals surface area contributed by atoms with E-state index in [2.05, 4.69) is 11.9 Å². The average Bonchev–Trinajstić information content (AvgIpc) is 3.16. The van der Waals surface area contributed by atoms with Crippen molar-refractivity contribution < 1.29 is 9.47 Å². The summed E-state index contributed by atoms with van der Waals surface area (Å²) in [7, 11) is 1.61. The molecule has 2 aromatic carbocycles. The maximum atomic E-state index is 12.9. The zero-order valence-corrected chi connectivity index (χ0v) is 18.4. The Morgan fingerprint density at radius 1 is 1.16 bits per heavy atom. The molecule has 158 valence electrons. The summed E-state index contributed by atoms with van der Waals surface area (Å²) in [5, 5.41) is 0.769. The van der Waals surface area contributed by atoms with Crippen LogP contribution in [0.1, 0.15) is 29.3 Å². The van der Waals surface area contributed by atoms with E-state index < -0.39 is 0 Å². The molecule has 0 saturated carbocycles. The van der Waals surface area contributed by atoms with Gasteiger partial charge in [-0.05, 0) is 54.5 Å². The van der Waals surface area contributed by atoms with Gasteiger partial charge in [0.2, 0.25) is 0 Å². The second-order valence-corrected chi connectivity index (χ2v) is 9.17. The summed E-state index contributed by atoms with van der Waals surface area (Å²) in [6.45, 7) is 2.72. The van der Waals surface area contributed by atoms with Crippen molar-refractivity contribution >= 4 is 21.6 Å². The van der Waals surface area contributed by atoms with Crippen LogP contribution < -0.4 is 15.0 Å². The number of benzene rings is 2. The summed E-state index contributed by atoms with van der Waals surface area (Å²) in [6, 6.07) is 15.6. The van der Waals surface area contributed by atoms with Gasteiger partial charge in [-0.1, -0.05) is 37.3 Å². The fourth-order valence-electron chi connectivity index (χ4n) is 4.15. The summed E-state index contributed by atoms with van der Waals surface area (Å²) in [5.41, 5.74) is 3.01. The molecule has 0 aliphatic heterocycles. The van der Waals surface area contributed by atoms with Crippen LogP contribution in [0.5, 0.6) is 11.5 Å². The van der Waals surface area contributed by atoms with Crippen molar-refractivity contribution in [2.75, 3.05) is 7.11 Å². The number of hydrogen-bond acceptors (Lipinski definition) is 5. The molecule has 1 aliphatic rings. The Morgan fingerprint density at radius 3 is 2.81 bits per heavy atom. The number of rotatable bonds is 5. The van der Waals surface area contributed by atoms with Gasteiger partial charge in [0.25, 0.3) is 5.56 Å².